The molecule has 3 heteroatoms. The Morgan fingerprint density at radius 2 is 2.33 bits per heavy atom. The first-order valence-electron chi connectivity index (χ1n) is 3.95. The Hall–Kier alpha value is -1.38. The van der Waals surface area contributed by atoms with Crippen LogP contribution in [0.15, 0.2) is 12.1 Å². The summed E-state index contributed by atoms with van der Waals surface area (Å²) in [6.07, 6.45) is 1.01. The molecule has 1 heterocycles. The maximum Gasteiger partial charge on any atom is 0.160 e. The van der Waals surface area contributed by atoms with Crippen molar-refractivity contribution in [1.29, 1.82) is 0 Å². The van der Waals surface area contributed by atoms with Gasteiger partial charge in [-0.05, 0) is 18.1 Å². The van der Waals surface area contributed by atoms with E-state index >= 15 is 0 Å². The van der Waals surface area contributed by atoms with Gasteiger partial charge in [0.2, 0.25) is 0 Å². The van der Waals surface area contributed by atoms with Crippen LogP contribution in [0.1, 0.15) is 5.56 Å². The number of hydrogen-bond donors (Lipinski definition) is 2. The van der Waals surface area contributed by atoms with E-state index in [2.05, 4.69) is 5.32 Å². The van der Waals surface area contributed by atoms with Gasteiger partial charge in [0.25, 0.3) is 0 Å². The Bertz CT molecular complexity index is 309. The average Bonchev–Trinajstić information content (AvgIpc) is 2.49. The van der Waals surface area contributed by atoms with Crippen molar-refractivity contribution in [3.05, 3.63) is 17.7 Å². The first kappa shape index (κ1) is 7.28. The van der Waals surface area contributed by atoms with Crippen LogP contribution in [-0.2, 0) is 6.42 Å². The van der Waals surface area contributed by atoms with E-state index in [9.17, 15) is 5.11 Å². The van der Waals surface area contributed by atoms with E-state index in [0.717, 1.165) is 18.7 Å². The lowest BCUT2D eigenvalue weighted by molar-refractivity contribution is 0.373. The highest BCUT2D eigenvalue weighted by Gasteiger charge is 2.13. The number of phenols is 1. The van der Waals surface area contributed by atoms with Gasteiger partial charge in [-0.15, -0.1) is 0 Å². The van der Waals surface area contributed by atoms with Gasteiger partial charge in [-0.2, -0.15) is 0 Å². The molecule has 64 valence electrons. The number of ether oxygens (including phenoxy) is 1. The van der Waals surface area contributed by atoms with Crippen LogP contribution < -0.4 is 10.1 Å². The third-order valence-electron chi connectivity index (χ3n) is 2.11. The van der Waals surface area contributed by atoms with E-state index in [-0.39, 0.29) is 5.75 Å². The highest BCUT2D eigenvalue weighted by Crippen LogP contribution is 2.34. The van der Waals surface area contributed by atoms with Crippen molar-refractivity contribution in [3.8, 4) is 11.5 Å². The maximum absolute atomic E-state index is 9.41. The number of anilines is 1. The molecule has 0 aliphatic carbocycles. The number of nitrogens with one attached hydrogen (secondary N) is 1. The van der Waals surface area contributed by atoms with Crippen LogP contribution >= 0.6 is 0 Å². The largest absolute Gasteiger partial charge is 0.504 e. The highest BCUT2D eigenvalue weighted by atomic mass is 16.5. The molecule has 0 spiro atoms. The lowest BCUT2D eigenvalue weighted by Crippen LogP contribution is -1.90. The average molecular weight is 165 g/mol. The molecule has 2 N–H and O–H groups in total. The molecule has 0 saturated carbocycles. The predicted molar refractivity (Wildman–Crippen MR) is 46.9 cm³/mol. The highest BCUT2D eigenvalue weighted by molar-refractivity contribution is 5.62. The molecule has 3 nitrogen and oxygen atoms in total. The number of aromatic hydroxyl groups is 1. The summed E-state index contributed by atoms with van der Waals surface area (Å²) >= 11 is 0. The van der Waals surface area contributed by atoms with Crippen LogP contribution in [0.2, 0.25) is 0 Å². The van der Waals surface area contributed by atoms with E-state index in [0.29, 0.717) is 5.75 Å². The van der Waals surface area contributed by atoms with Gasteiger partial charge in [0, 0.05) is 18.3 Å². The van der Waals surface area contributed by atoms with Crippen LogP contribution in [0.5, 0.6) is 11.5 Å². The Morgan fingerprint density at radius 1 is 1.50 bits per heavy atom. The lowest BCUT2D eigenvalue weighted by atomic mass is 10.1. The minimum atomic E-state index is 0.200. The fraction of sp³-hybridized carbons (Fsp3) is 0.333. The molecule has 0 aromatic heterocycles. The van der Waals surface area contributed by atoms with Crippen molar-refractivity contribution >= 4 is 5.69 Å². The van der Waals surface area contributed by atoms with Gasteiger partial charge >= 0.3 is 0 Å². The van der Waals surface area contributed by atoms with Gasteiger partial charge < -0.3 is 15.2 Å². The smallest absolute Gasteiger partial charge is 0.160 e. The Balaban J connectivity index is 2.49. The third kappa shape index (κ3) is 0.978. The standard InChI is InChI=1S/C9H11NO2/c1-12-9-4-6-2-3-10-7(6)5-8(9)11/h4-5,10-11H,2-3H2,1H3. The summed E-state index contributed by atoms with van der Waals surface area (Å²) in [7, 11) is 1.56. The molecule has 1 aromatic rings. The Labute approximate surface area is 71.0 Å². The second-order valence-corrected chi connectivity index (χ2v) is 2.86. The SMILES string of the molecule is COc1cc2c(cc1O)NCC2. The van der Waals surface area contributed by atoms with Crippen LogP contribution in [0.25, 0.3) is 0 Å². The van der Waals surface area contributed by atoms with E-state index in [1.54, 1.807) is 13.2 Å². The van der Waals surface area contributed by atoms with Crippen molar-refractivity contribution in [2.75, 3.05) is 19.0 Å². The van der Waals surface area contributed by atoms with Crippen molar-refractivity contribution < 1.29 is 9.84 Å². The summed E-state index contributed by atoms with van der Waals surface area (Å²) in [6.45, 7) is 0.946. The molecule has 1 aliphatic heterocycles. The quantitative estimate of drug-likeness (QED) is 0.660. The molecule has 0 fully saturated rings. The predicted octanol–water partition coefficient (Wildman–Crippen LogP) is 1.37. The molecule has 0 saturated heterocycles. The normalized spacial score (nSPS) is 13.8. The minimum absolute atomic E-state index is 0.200. The molecule has 2 rings (SSSR count). The van der Waals surface area contributed by atoms with E-state index < -0.39 is 0 Å². The number of fused-ring (bicyclic) bond motifs is 1. The van der Waals surface area contributed by atoms with Gasteiger partial charge in [0.15, 0.2) is 11.5 Å². The molecule has 0 bridgehead atoms. The van der Waals surface area contributed by atoms with Crippen molar-refractivity contribution in [3.63, 3.8) is 0 Å². The fourth-order valence-electron chi connectivity index (χ4n) is 1.48. The van der Waals surface area contributed by atoms with Crippen LogP contribution in [-0.4, -0.2) is 18.8 Å². The molecular formula is C9H11NO2. The number of hydrogen-bond acceptors (Lipinski definition) is 3. The van der Waals surface area contributed by atoms with Gasteiger partial charge in [-0.3, -0.25) is 0 Å². The van der Waals surface area contributed by atoms with E-state index in [1.807, 2.05) is 6.07 Å². The molecular weight excluding hydrogens is 154 g/mol. The zero-order valence-electron chi connectivity index (χ0n) is 6.92. The third-order valence-corrected chi connectivity index (χ3v) is 2.11. The monoisotopic (exact) mass is 165 g/mol. The molecule has 12 heavy (non-hydrogen) atoms. The summed E-state index contributed by atoms with van der Waals surface area (Å²) in [5.41, 5.74) is 2.23. The molecule has 1 aliphatic rings. The molecule has 0 atom stereocenters. The summed E-state index contributed by atoms with van der Waals surface area (Å²) in [6, 6.07) is 3.59. The maximum atomic E-state index is 9.41. The second kappa shape index (κ2) is 2.59. The summed E-state index contributed by atoms with van der Waals surface area (Å²) < 4.78 is 4.99. The summed E-state index contributed by atoms with van der Waals surface area (Å²) in [4.78, 5) is 0. The zero-order valence-corrected chi connectivity index (χ0v) is 6.92. The molecule has 0 amide bonds. The molecule has 0 unspecified atom stereocenters. The van der Waals surface area contributed by atoms with Gasteiger partial charge in [0.05, 0.1) is 7.11 Å². The van der Waals surface area contributed by atoms with Gasteiger partial charge in [-0.1, -0.05) is 0 Å². The molecule has 1 aromatic carbocycles. The summed E-state index contributed by atoms with van der Waals surface area (Å²) in [5, 5.41) is 12.6. The minimum Gasteiger partial charge on any atom is -0.504 e. The van der Waals surface area contributed by atoms with Crippen molar-refractivity contribution in [2.24, 2.45) is 0 Å². The van der Waals surface area contributed by atoms with Crippen LogP contribution in [0.3, 0.4) is 0 Å². The first-order chi connectivity index (χ1) is 5.81. The van der Waals surface area contributed by atoms with Crippen molar-refractivity contribution in [1.82, 2.24) is 0 Å². The Kier molecular flexibility index (Phi) is 1.57. The van der Waals surface area contributed by atoms with Crippen molar-refractivity contribution in [2.45, 2.75) is 6.42 Å². The first-order valence-corrected chi connectivity index (χ1v) is 3.95. The molecule has 0 radical (unpaired) electrons. The van der Waals surface area contributed by atoms with Crippen LogP contribution in [0.4, 0.5) is 5.69 Å². The summed E-state index contributed by atoms with van der Waals surface area (Å²) in [5.74, 6) is 0.753. The number of benzene rings is 1. The van der Waals surface area contributed by atoms with Crippen LogP contribution in [0, 0.1) is 0 Å². The Morgan fingerprint density at radius 3 is 3.08 bits per heavy atom. The lowest BCUT2D eigenvalue weighted by Gasteiger charge is -2.05. The number of rotatable bonds is 1. The fourth-order valence-corrected chi connectivity index (χ4v) is 1.48. The number of methoxy groups -OCH3 is 1. The van der Waals surface area contributed by atoms with Gasteiger partial charge in [-0.25, -0.2) is 0 Å². The topological polar surface area (TPSA) is 41.5 Å². The second-order valence-electron chi connectivity index (χ2n) is 2.86. The zero-order chi connectivity index (χ0) is 8.55. The van der Waals surface area contributed by atoms with E-state index in [4.69, 9.17) is 4.74 Å². The van der Waals surface area contributed by atoms with E-state index in [1.165, 1.54) is 5.56 Å². The van der Waals surface area contributed by atoms with Gasteiger partial charge in [0.1, 0.15) is 0 Å². The number of phenolic OH excluding ortho intramolecular Hbond substituents is 1.